The maximum Gasteiger partial charge on any atom is 0.129 e. The van der Waals surface area contributed by atoms with Crippen molar-refractivity contribution in [3.8, 4) is 0 Å². The molecule has 2 unspecified atom stereocenters. The van der Waals surface area contributed by atoms with Crippen molar-refractivity contribution in [2.45, 2.75) is 52.2 Å². The number of hydrogen-bond donors (Lipinski definition) is 1. The monoisotopic (exact) mass is 285 g/mol. The summed E-state index contributed by atoms with van der Waals surface area (Å²) in [7, 11) is 0. The number of halogens is 2. The molecule has 0 bridgehead atoms. The summed E-state index contributed by atoms with van der Waals surface area (Å²) in [4.78, 5) is 0. The smallest absolute Gasteiger partial charge is 0.129 e. The van der Waals surface area contributed by atoms with Crippen molar-refractivity contribution in [1.82, 2.24) is 5.32 Å². The van der Waals surface area contributed by atoms with Crippen molar-refractivity contribution in [3.05, 3.63) is 35.4 Å². The molecule has 0 radical (unpaired) electrons. The van der Waals surface area contributed by atoms with Crippen molar-refractivity contribution < 1.29 is 13.5 Å². The first-order valence-corrected chi connectivity index (χ1v) is 7.41. The van der Waals surface area contributed by atoms with Crippen molar-refractivity contribution in [1.29, 1.82) is 0 Å². The number of nitrogens with one attached hydrogen (secondary N) is 1. The Morgan fingerprint density at radius 3 is 2.50 bits per heavy atom. The van der Waals surface area contributed by atoms with Crippen LogP contribution in [-0.2, 0) is 11.2 Å². The molecule has 20 heavy (non-hydrogen) atoms. The van der Waals surface area contributed by atoms with Gasteiger partial charge in [-0.25, -0.2) is 8.78 Å². The largest absolute Gasteiger partial charge is 0.377 e. The van der Waals surface area contributed by atoms with Gasteiger partial charge in [0, 0.05) is 18.7 Å². The van der Waals surface area contributed by atoms with Gasteiger partial charge < -0.3 is 10.1 Å². The van der Waals surface area contributed by atoms with Gasteiger partial charge >= 0.3 is 0 Å². The van der Waals surface area contributed by atoms with Crippen LogP contribution in [0.25, 0.3) is 0 Å². The lowest BCUT2D eigenvalue weighted by molar-refractivity contribution is 0.0318. The highest BCUT2D eigenvalue weighted by atomic mass is 19.1. The third-order valence-corrected chi connectivity index (χ3v) is 3.34. The highest BCUT2D eigenvalue weighted by Crippen LogP contribution is 2.16. The van der Waals surface area contributed by atoms with Crippen LogP contribution >= 0.6 is 0 Å². The lowest BCUT2D eigenvalue weighted by Crippen LogP contribution is -2.43. The Balaban J connectivity index is 2.81. The zero-order valence-corrected chi connectivity index (χ0v) is 12.6. The summed E-state index contributed by atoms with van der Waals surface area (Å²) >= 11 is 0. The predicted octanol–water partition coefficient (Wildman–Crippen LogP) is 3.69. The van der Waals surface area contributed by atoms with Crippen LogP contribution in [0.5, 0.6) is 0 Å². The average Bonchev–Trinajstić information content (AvgIpc) is 2.43. The van der Waals surface area contributed by atoms with Crippen LogP contribution < -0.4 is 5.32 Å². The van der Waals surface area contributed by atoms with Crippen LogP contribution in [0.2, 0.25) is 0 Å². The van der Waals surface area contributed by atoms with Crippen molar-refractivity contribution in [2.75, 3.05) is 13.2 Å². The molecule has 0 heterocycles. The fourth-order valence-corrected chi connectivity index (χ4v) is 2.32. The minimum Gasteiger partial charge on any atom is -0.377 e. The topological polar surface area (TPSA) is 21.3 Å². The fraction of sp³-hybridized carbons (Fsp3) is 0.625. The fourth-order valence-electron chi connectivity index (χ4n) is 2.32. The van der Waals surface area contributed by atoms with E-state index in [-0.39, 0.29) is 12.1 Å². The second-order valence-electron chi connectivity index (χ2n) is 4.90. The van der Waals surface area contributed by atoms with E-state index in [1.54, 1.807) is 0 Å². The summed E-state index contributed by atoms with van der Waals surface area (Å²) in [6, 6.07) is 3.80. The van der Waals surface area contributed by atoms with Crippen molar-refractivity contribution >= 4 is 0 Å². The molecule has 0 saturated heterocycles. The van der Waals surface area contributed by atoms with E-state index in [2.05, 4.69) is 19.2 Å². The molecule has 0 aliphatic rings. The minimum absolute atomic E-state index is 0.0380. The molecule has 1 N–H and O–H groups in total. The van der Waals surface area contributed by atoms with Crippen LogP contribution in [0.4, 0.5) is 8.78 Å². The van der Waals surface area contributed by atoms with E-state index >= 15 is 0 Å². The van der Waals surface area contributed by atoms with Gasteiger partial charge in [-0.3, -0.25) is 0 Å². The quantitative estimate of drug-likeness (QED) is 0.747. The lowest BCUT2D eigenvalue weighted by atomic mass is 9.99. The van der Waals surface area contributed by atoms with Gasteiger partial charge in [0.05, 0.1) is 6.10 Å². The maximum absolute atomic E-state index is 13.8. The van der Waals surface area contributed by atoms with Gasteiger partial charge in [-0.1, -0.05) is 19.9 Å². The third kappa shape index (κ3) is 5.17. The Hall–Kier alpha value is -1.00. The van der Waals surface area contributed by atoms with Crippen molar-refractivity contribution in [3.63, 3.8) is 0 Å². The van der Waals surface area contributed by atoms with Gasteiger partial charge in [-0.05, 0) is 44.4 Å². The summed E-state index contributed by atoms with van der Waals surface area (Å²) in [5.41, 5.74) is 0.526. The first kappa shape index (κ1) is 17.1. The summed E-state index contributed by atoms with van der Waals surface area (Å²) < 4.78 is 32.5. The number of hydrogen-bond acceptors (Lipinski definition) is 2. The third-order valence-electron chi connectivity index (χ3n) is 3.34. The molecule has 1 aromatic carbocycles. The zero-order chi connectivity index (χ0) is 15.0. The van der Waals surface area contributed by atoms with Crippen LogP contribution in [0.15, 0.2) is 18.2 Å². The Bertz CT molecular complexity index is 398. The first-order valence-electron chi connectivity index (χ1n) is 7.41. The SMILES string of the molecule is CCCNC(Cc1ccc(F)cc1F)C(CC)OCC. The van der Waals surface area contributed by atoms with E-state index < -0.39 is 11.6 Å². The summed E-state index contributed by atoms with van der Waals surface area (Å²) in [6.07, 6.45) is 2.41. The molecule has 1 aromatic rings. The van der Waals surface area contributed by atoms with Gasteiger partial charge in [0.15, 0.2) is 0 Å². The van der Waals surface area contributed by atoms with Gasteiger partial charge in [0.2, 0.25) is 0 Å². The van der Waals surface area contributed by atoms with E-state index in [0.29, 0.717) is 18.6 Å². The van der Waals surface area contributed by atoms with E-state index in [0.717, 1.165) is 25.5 Å². The molecular formula is C16H25F2NO. The normalized spacial score (nSPS) is 14.2. The Morgan fingerprint density at radius 1 is 1.20 bits per heavy atom. The molecule has 0 aromatic heterocycles. The highest BCUT2D eigenvalue weighted by molar-refractivity contribution is 5.20. The van der Waals surface area contributed by atoms with E-state index in [9.17, 15) is 8.78 Å². The summed E-state index contributed by atoms with van der Waals surface area (Å²) in [5, 5.41) is 3.41. The average molecular weight is 285 g/mol. The van der Waals surface area contributed by atoms with Crippen LogP contribution in [0.3, 0.4) is 0 Å². The maximum atomic E-state index is 13.8. The van der Waals surface area contributed by atoms with Gasteiger partial charge in [-0.2, -0.15) is 0 Å². The van der Waals surface area contributed by atoms with Crippen molar-refractivity contribution in [2.24, 2.45) is 0 Å². The summed E-state index contributed by atoms with van der Waals surface area (Å²) in [6.45, 7) is 7.59. The molecule has 0 aliphatic carbocycles. The molecule has 0 amide bonds. The Labute approximate surface area is 120 Å². The standard InChI is InChI=1S/C16H25F2NO/c1-4-9-19-15(16(5-2)20-6-3)10-12-7-8-13(17)11-14(12)18/h7-8,11,15-16,19H,4-6,9-10H2,1-3H3. The Morgan fingerprint density at radius 2 is 1.95 bits per heavy atom. The molecule has 0 aliphatic heterocycles. The first-order chi connectivity index (χ1) is 9.62. The van der Waals surface area contributed by atoms with E-state index in [4.69, 9.17) is 4.74 Å². The van der Waals surface area contributed by atoms with Gasteiger partial charge in [-0.15, -0.1) is 0 Å². The molecule has 0 saturated carbocycles. The highest BCUT2D eigenvalue weighted by Gasteiger charge is 2.21. The molecule has 4 heteroatoms. The lowest BCUT2D eigenvalue weighted by Gasteiger charge is -2.27. The van der Waals surface area contributed by atoms with Crippen LogP contribution in [0, 0.1) is 11.6 Å². The van der Waals surface area contributed by atoms with E-state index in [1.165, 1.54) is 12.1 Å². The summed E-state index contributed by atoms with van der Waals surface area (Å²) in [5.74, 6) is -1.03. The number of ether oxygens (including phenoxy) is 1. The zero-order valence-electron chi connectivity index (χ0n) is 12.6. The van der Waals surface area contributed by atoms with Gasteiger partial charge in [0.1, 0.15) is 11.6 Å². The Kier molecular flexibility index (Phi) is 7.70. The molecule has 0 fully saturated rings. The molecular weight excluding hydrogens is 260 g/mol. The number of benzene rings is 1. The second kappa shape index (κ2) is 9.03. The van der Waals surface area contributed by atoms with Crippen LogP contribution in [0.1, 0.15) is 39.2 Å². The van der Waals surface area contributed by atoms with E-state index in [1.807, 2.05) is 6.92 Å². The van der Waals surface area contributed by atoms with Crippen LogP contribution in [-0.4, -0.2) is 25.3 Å². The molecule has 114 valence electrons. The van der Waals surface area contributed by atoms with Gasteiger partial charge in [0.25, 0.3) is 0 Å². The minimum atomic E-state index is -0.541. The molecule has 1 rings (SSSR count). The number of rotatable bonds is 9. The molecule has 0 spiro atoms. The molecule has 2 atom stereocenters. The molecule has 2 nitrogen and oxygen atoms in total. The predicted molar refractivity (Wildman–Crippen MR) is 77.8 cm³/mol. The second-order valence-corrected chi connectivity index (χ2v) is 4.90.